The van der Waals surface area contributed by atoms with Gasteiger partial charge >= 0.3 is 0 Å². The van der Waals surface area contributed by atoms with Crippen LogP contribution in [0.3, 0.4) is 0 Å². The molecule has 0 aliphatic rings. The zero-order valence-electron chi connectivity index (χ0n) is 16.0. The molecule has 0 aromatic heterocycles. The van der Waals surface area contributed by atoms with Crippen LogP contribution in [0.15, 0.2) is 18.2 Å². The molecule has 1 aromatic rings. The predicted octanol–water partition coefficient (Wildman–Crippen LogP) is 4.52. The summed E-state index contributed by atoms with van der Waals surface area (Å²) in [5.41, 5.74) is 3.18. The average molecular weight is 332 g/mol. The number of nitrogens with zero attached hydrogens (tertiary/aromatic N) is 1. The Morgan fingerprint density at radius 1 is 1.08 bits per heavy atom. The lowest BCUT2D eigenvalue weighted by atomic mass is 9.92. The molecule has 1 rings (SSSR count). The van der Waals surface area contributed by atoms with Crippen LogP contribution in [0.1, 0.15) is 77.3 Å². The Morgan fingerprint density at radius 3 is 2.04 bits per heavy atom. The predicted molar refractivity (Wildman–Crippen MR) is 100 cm³/mol. The van der Waals surface area contributed by atoms with Gasteiger partial charge in [0.2, 0.25) is 11.8 Å². The van der Waals surface area contributed by atoms with E-state index in [4.69, 9.17) is 0 Å². The third kappa shape index (κ3) is 5.66. The molecule has 4 heteroatoms. The number of carbonyl (C=O) groups is 2. The highest BCUT2D eigenvalue weighted by molar-refractivity contribution is 5.95. The van der Waals surface area contributed by atoms with Crippen molar-refractivity contribution in [2.24, 2.45) is 0 Å². The van der Waals surface area contributed by atoms with Gasteiger partial charge in [-0.25, -0.2) is 0 Å². The van der Waals surface area contributed by atoms with Crippen molar-refractivity contribution in [2.45, 2.75) is 66.2 Å². The molecule has 0 radical (unpaired) electrons. The maximum atomic E-state index is 12.5. The van der Waals surface area contributed by atoms with Crippen molar-refractivity contribution in [1.29, 1.82) is 0 Å². The van der Waals surface area contributed by atoms with Gasteiger partial charge in [-0.05, 0) is 29.4 Å². The first-order chi connectivity index (χ1) is 11.3. The number of hydrogen-bond acceptors (Lipinski definition) is 2. The summed E-state index contributed by atoms with van der Waals surface area (Å²) in [7, 11) is 0. The molecule has 0 aliphatic carbocycles. The van der Waals surface area contributed by atoms with Gasteiger partial charge in [-0.2, -0.15) is 0 Å². The van der Waals surface area contributed by atoms with E-state index in [0.29, 0.717) is 18.4 Å². The van der Waals surface area contributed by atoms with Crippen molar-refractivity contribution in [3.63, 3.8) is 0 Å². The second-order valence-corrected chi connectivity index (χ2v) is 6.96. The van der Waals surface area contributed by atoms with E-state index >= 15 is 0 Å². The molecular weight excluding hydrogens is 300 g/mol. The first-order valence-corrected chi connectivity index (χ1v) is 8.96. The van der Waals surface area contributed by atoms with E-state index in [0.717, 1.165) is 29.7 Å². The van der Waals surface area contributed by atoms with Gasteiger partial charge < -0.3 is 10.2 Å². The number of nitrogens with one attached hydrogen (secondary N) is 1. The highest BCUT2D eigenvalue weighted by atomic mass is 16.2. The second-order valence-electron chi connectivity index (χ2n) is 6.96. The van der Waals surface area contributed by atoms with Crippen LogP contribution in [0.5, 0.6) is 0 Å². The summed E-state index contributed by atoms with van der Waals surface area (Å²) in [6.45, 7) is 12.8. The molecule has 0 spiro atoms. The van der Waals surface area contributed by atoms with E-state index in [1.807, 2.05) is 6.07 Å². The van der Waals surface area contributed by atoms with Crippen molar-refractivity contribution in [3.8, 4) is 0 Å². The molecule has 0 unspecified atom stereocenters. The van der Waals surface area contributed by atoms with Crippen LogP contribution < -0.4 is 5.32 Å². The quantitative estimate of drug-likeness (QED) is 0.761. The Hall–Kier alpha value is -1.84. The summed E-state index contributed by atoms with van der Waals surface area (Å²) < 4.78 is 0. The van der Waals surface area contributed by atoms with E-state index in [1.54, 1.807) is 4.90 Å². The molecule has 0 saturated carbocycles. The third-order valence-electron chi connectivity index (χ3n) is 4.20. The average Bonchev–Trinajstić information content (AvgIpc) is 2.50. The monoisotopic (exact) mass is 332 g/mol. The molecular formula is C20H32N2O2. The lowest BCUT2D eigenvalue weighted by Crippen LogP contribution is -2.37. The molecule has 134 valence electrons. The van der Waals surface area contributed by atoms with Crippen molar-refractivity contribution >= 4 is 17.5 Å². The molecule has 1 N–H and O–H groups in total. The molecule has 0 atom stereocenters. The Balaban J connectivity index is 2.98. The van der Waals surface area contributed by atoms with Crippen LogP contribution in [-0.2, 0) is 9.59 Å². The first-order valence-electron chi connectivity index (χ1n) is 8.96. The maximum absolute atomic E-state index is 12.5. The fraction of sp³-hybridized carbons (Fsp3) is 0.600. The van der Waals surface area contributed by atoms with Crippen molar-refractivity contribution in [1.82, 2.24) is 4.90 Å². The summed E-state index contributed by atoms with van der Waals surface area (Å²) in [6, 6.07) is 6.17. The Kier molecular flexibility index (Phi) is 7.96. The van der Waals surface area contributed by atoms with Gasteiger partial charge in [-0.3, -0.25) is 9.59 Å². The van der Waals surface area contributed by atoms with Gasteiger partial charge in [0.1, 0.15) is 0 Å². The van der Waals surface area contributed by atoms with Gasteiger partial charge in [0.15, 0.2) is 0 Å². The number of anilines is 1. The lowest BCUT2D eigenvalue weighted by molar-refractivity contribution is -0.132. The molecule has 0 saturated heterocycles. The number of amides is 2. The lowest BCUT2D eigenvalue weighted by Gasteiger charge is -2.23. The molecule has 0 heterocycles. The Morgan fingerprint density at radius 2 is 1.62 bits per heavy atom. The minimum Gasteiger partial charge on any atom is -0.334 e. The van der Waals surface area contributed by atoms with Gasteiger partial charge in [-0.1, -0.05) is 59.2 Å². The van der Waals surface area contributed by atoms with Crippen LogP contribution in [0.4, 0.5) is 5.69 Å². The number of benzene rings is 1. The number of rotatable bonds is 8. The summed E-state index contributed by atoms with van der Waals surface area (Å²) >= 11 is 0. The van der Waals surface area contributed by atoms with E-state index in [1.165, 1.54) is 6.92 Å². The number of para-hydroxylation sites is 1. The summed E-state index contributed by atoms with van der Waals surface area (Å²) in [5.74, 6) is 0.460. The van der Waals surface area contributed by atoms with Crippen LogP contribution >= 0.6 is 0 Å². The van der Waals surface area contributed by atoms with E-state index in [-0.39, 0.29) is 18.4 Å². The zero-order valence-corrected chi connectivity index (χ0v) is 16.0. The largest absolute Gasteiger partial charge is 0.334 e. The highest BCUT2D eigenvalue weighted by Gasteiger charge is 2.18. The number of carbonyl (C=O) groups excluding carboxylic acids is 2. The minimum atomic E-state index is -0.128. The third-order valence-corrected chi connectivity index (χ3v) is 4.20. The SMILES string of the molecule is CCCCN(CC(=O)Nc1c(C(C)C)cccc1C(C)C)C(C)=O. The number of unbranched alkanes of at least 4 members (excludes halogenated alkanes) is 1. The van der Waals surface area contributed by atoms with Gasteiger partial charge in [0.05, 0.1) is 6.54 Å². The summed E-state index contributed by atoms with van der Waals surface area (Å²) in [4.78, 5) is 25.9. The standard InChI is InChI=1S/C20H32N2O2/c1-7-8-12-22(16(6)23)13-19(24)21-20-17(14(2)3)10-9-11-18(20)15(4)5/h9-11,14-15H,7-8,12-13H2,1-6H3,(H,21,24). The topological polar surface area (TPSA) is 49.4 Å². The fourth-order valence-corrected chi connectivity index (χ4v) is 2.74. The minimum absolute atomic E-state index is 0.0557. The first kappa shape index (κ1) is 20.2. The molecule has 2 amide bonds. The fourth-order valence-electron chi connectivity index (χ4n) is 2.74. The summed E-state index contributed by atoms with van der Waals surface area (Å²) in [5, 5.41) is 3.07. The van der Waals surface area contributed by atoms with Gasteiger partial charge in [0.25, 0.3) is 0 Å². The van der Waals surface area contributed by atoms with E-state index < -0.39 is 0 Å². The molecule has 4 nitrogen and oxygen atoms in total. The molecule has 0 fully saturated rings. The summed E-state index contributed by atoms with van der Waals surface area (Å²) in [6.07, 6.45) is 1.91. The second kappa shape index (κ2) is 9.45. The van der Waals surface area contributed by atoms with Crippen LogP contribution in [0.2, 0.25) is 0 Å². The van der Waals surface area contributed by atoms with Gasteiger partial charge in [-0.15, -0.1) is 0 Å². The smallest absolute Gasteiger partial charge is 0.244 e. The molecule has 0 aliphatic heterocycles. The van der Waals surface area contributed by atoms with E-state index in [9.17, 15) is 9.59 Å². The van der Waals surface area contributed by atoms with Crippen molar-refractivity contribution in [2.75, 3.05) is 18.4 Å². The molecule has 24 heavy (non-hydrogen) atoms. The molecule has 0 bridgehead atoms. The molecule has 1 aromatic carbocycles. The zero-order chi connectivity index (χ0) is 18.3. The normalized spacial score (nSPS) is 11.0. The maximum Gasteiger partial charge on any atom is 0.244 e. The van der Waals surface area contributed by atoms with Gasteiger partial charge in [0, 0.05) is 19.2 Å². The Bertz CT molecular complexity index is 539. The van der Waals surface area contributed by atoms with Crippen molar-refractivity contribution < 1.29 is 9.59 Å². The van der Waals surface area contributed by atoms with Crippen LogP contribution in [0, 0.1) is 0 Å². The van der Waals surface area contributed by atoms with Crippen molar-refractivity contribution in [3.05, 3.63) is 29.3 Å². The van der Waals surface area contributed by atoms with Crippen LogP contribution in [-0.4, -0.2) is 29.8 Å². The highest BCUT2D eigenvalue weighted by Crippen LogP contribution is 2.32. The van der Waals surface area contributed by atoms with E-state index in [2.05, 4.69) is 52.1 Å². The number of hydrogen-bond donors (Lipinski definition) is 1. The van der Waals surface area contributed by atoms with Crippen LogP contribution in [0.25, 0.3) is 0 Å². The Labute approximate surface area is 146 Å².